The number of carbonyl (C=O) groups excluding carboxylic acids is 2. The predicted molar refractivity (Wildman–Crippen MR) is 106 cm³/mol. The van der Waals surface area contributed by atoms with Crippen molar-refractivity contribution in [3.8, 4) is 5.75 Å². The molecular formula is C22H27NO5. The Morgan fingerprint density at radius 1 is 0.964 bits per heavy atom. The van der Waals surface area contributed by atoms with Crippen LogP contribution >= 0.6 is 0 Å². The molecule has 0 bridgehead atoms. The largest absolute Gasteiger partial charge is 0.497 e. The molecule has 2 aromatic rings. The summed E-state index contributed by atoms with van der Waals surface area (Å²) in [6, 6.07) is 15.9. The smallest absolute Gasteiger partial charge is 0.408 e. The van der Waals surface area contributed by atoms with Crippen molar-refractivity contribution in [2.24, 2.45) is 5.92 Å². The number of methoxy groups -OCH3 is 2. The zero-order valence-corrected chi connectivity index (χ0v) is 16.7. The molecule has 1 N–H and O–H groups in total. The Kier molecular flexibility index (Phi) is 7.87. The van der Waals surface area contributed by atoms with Crippen molar-refractivity contribution in [3.63, 3.8) is 0 Å². The van der Waals surface area contributed by atoms with Crippen LogP contribution in [0.4, 0.5) is 4.79 Å². The first-order valence-corrected chi connectivity index (χ1v) is 9.15. The standard InChI is InChI=1S/C22H27NO5/c1-15(2)19(17-10-12-18(26-3)13-11-17)20(21(24)27-4)23-22(25)28-14-16-8-6-5-7-9-16/h5-13,15,19-20H,14H2,1-4H3,(H,23,25). The van der Waals surface area contributed by atoms with E-state index in [2.05, 4.69) is 5.32 Å². The highest BCUT2D eigenvalue weighted by Crippen LogP contribution is 2.30. The van der Waals surface area contributed by atoms with Gasteiger partial charge in [0.05, 0.1) is 14.2 Å². The van der Waals surface area contributed by atoms with E-state index in [1.165, 1.54) is 7.11 Å². The maximum atomic E-state index is 12.4. The van der Waals surface area contributed by atoms with Crippen LogP contribution in [0.25, 0.3) is 0 Å². The van der Waals surface area contributed by atoms with E-state index in [4.69, 9.17) is 14.2 Å². The summed E-state index contributed by atoms with van der Waals surface area (Å²) in [4.78, 5) is 24.8. The molecule has 0 aromatic heterocycles. The number of benzene rings is 2. The summed E-state index contributed by atoms with van der Waals surface area (Å²) >= 11 is 0. The van der Waals surface area contributed by atoms with Crippen molar-refractivity contribution < 1.29 is 23.8 Å². The molecule has 0 aliphatic heterocycles. The first-order valence-electron chi connectivity index (χ1n) is 9.15. The van der Waals surface area contributed by atoms with Gasteiger partial charge in [-0.1, -0.05) is 56.3 Å². The van der Waals surface area contributed by atoms with E-state index in [-0.39, 0.29) is 18.4 Å². The molecule has 2 unspecified atom stereocenters. The van der Waals surface area contributed by atoms with E-state index in [1.807, 2.05) is 68.4 Å². The maximum Gasteiger partial charge on any atom is 0.408 e. The van der Waals surface area contributed by atoms with E-state index in [0.29, 0.717) is 0 Å². The molecular weight excluding hydrogens is 358 g/mol. The molecule has 2 rings (SSSR count). The van der Waals surface area contributed by atoms with Gasteiger partial charge in [0, 0.05) is 5.92 Å². The lowest BCUT2D eigenvalue weighted by Gasteiger charge is -2.29. The van der Waals surface area contributed by atoms with Crippen molar-refractivity contribution in [3.05, 3.63) is 65.7 Å². The molecule has 2 aromatic carbocycles. The Hall–Kier alpha value is -3.02. The van der Waals surface area contributed by atoms with E-state index < -0.39 is 18.1 Å². The van der Waals surface area contributed by atoms with Crippen LogP contribution in [0.2, 0.25) is 0 Å². The molecule has 6 nitrogen and oxygen atoms in total. The van der Waals surface area contributed by atoms with Gasteiger partial charge in [0.2, 0.25) is 0 Å². The number of amides is 1. The summed E-state index contributed by atoms with van der Waals surface area (Å²) in [6.07, 6.45) is -0.668. The number of rotatable bonds is 8. The normalized spacial score (nSPS) is 12.8. The highest BCUT2D eigenvalue weighted by atomic mass is 16.6. The minimum absolute atomic E-state index is 0.0620. The molecule has 0 aliphatic carbocycles. The second-order valence-electron chi connectivity index (χ2n) is 6.75. The van der Waals surface area contributed by atoms with Gasteiger partial charge < -0.3 is 19.5 Å². The Balaban J connectivity index is 2.16. The molecule has 0 heterocycles. The van der Waals surface area contributed by atoms with Crippen LogP contribution in [0.15, 0.2) is 54.6 Å². The number of hydrogen-bond acceptors (Lipinski definition) is 5. The summed E-state index contributed by atoms with van der Waals surface area (Å²) in [5.41, 5.74) is 1.76. The number of carbonyl (C=O) groups is 2. The van der Waals surface area contributed by atoms with Crippen LogP contribution in [0.1, 0.15) is 30.9 Å². The van der Waals surface area contributed by atoms with Gasteiger partial charge in [-0.05, 0) is 29.2 Å². The number of nitrogens with one attached hydrogen (secondary N) is 1. The molecule has 0 fully saturated rings. The minimum Gasteiger partial charge on any atom is -0.497 e. The second-order valence-corrected chi connectivity index (χ2v) is 6.75. The number of ether oxygens (including phenoxy) is 3. The monoisotopic (exact) mass is 385 g/mol. The molecule has 0 radical (unpaired) electrons. The van der Waals surface area contributed by atoms with E-state index in [1.54, 1.807) is 7.11 Å². The number of alkyl carbamates (subject to hydrolysis) is 1. The topological polar surface area (TPSA) is 73.9 Å². The van der Waals surface area contributed by atoms with E-state index in [0.717, 1.165) is 16.9 Å². The van der Waals surface area contributed by atoms with Crippen molar-refractivity contribution >= 4 is 12.1 Å². The predicted octanol–water partition coefficient (Wildman–Crippen LogP) is 3.90. The van der Waals surface area contributed by atoms with Crippen molar-refractivity contribution in [2.75, 3.05) is 14.2 Å². The Morgan fingerprint density at radius 3 is 2.14 bits per heavy atom. The van der Waals surface area contributed by atoms with Crippen LogP contribution < -0.4 is 10.1 Å². The average Bonchev–Trinajstić information content (AvgIpc) is 2.72. The summed E-state index contributed by atoms with van der Waals surface area (Å²) in [7, 11) is 2.90. The Morgan fingerprint density at radius 2 is 1.61 bits per heavy atom. The molecule has 2 atom stereocenters. The maximum absolute atomic E-state index is 12.4. The lowest BCUT2D eigenvalue weighted by Crippen LogP contribution is -2.47. The molecule has 6 heteroatoms. The summed E-state index contributed by atoms with van der Waals surface area (Å²) in [5, 5.41) is 2.68. The third kappa shape index (κ3) is 5.74. The molecule has 0 saturated heterocycles. The highest BCUT2D eigenvalue weighted by Gasteiger charge is 2.34. The second kappa shape index (κ2) is 10.3. The average molecular weight is 385 g/mol. The van der Waals surface area contributed by atoms with Gasteiger partial charge in [-0.3, -0.25) is 0 Å². The van der Waals surface area contributed by atoms with E-state index in [9.17, 15) is 9.59 Å². The van der Waals surface area contributed by atoms with Gasteiger partial charge in [-0.2, -0.15) is 0 Å². The Labute approximate surface area is 165 Å². The highest BCUT2D eigenvalue weighted by molar-refractivity contribution is 5.82. The molecule has 0 aliphatic rings. The fourth-order valence-electron chi connectivity index (χ4n) is 3.10. The van der Waals surface area contributed by atoms with Gasteiger partial charge >= 0.3 is 12.1 Å². The quantitative estimate of drug-likeness (QED) is 0.698. The number of hydrogen-bond donors (Lipinski definition) is 1. The molecule has 28 heavy (non-hydrogen) atoms. The van der Waals surface area contributed by atoms with Gasteiger partial charge in [-0.25, -0.2) is 9.59 Å². The van der Waals surface area contributed by atoms with Gasteiger partial charge in [0.1, 0.15) is 18.4 Å². The summed E-state index contributed by atoms with van der Waals surface area (Å²) < 4.78 is 15.4. The van der Waals surface area contributed by atoms with Crippen LogP contribution in [0.5, 0.6) is 5.75 Å². The third-order valence-electron chi connectivity index (χ3n) is 4.52. The van der Waals surface area contributed by atoms with E-state index >= 15 is 0 Å². The van der Waals surface area contributed by atoms with Crippen LogP contribution in [-0.4, -0.2) is 32.3 Å². The first kappa shape index (κ1) is 21.3. The third-order valence-corrected chi connectivity index (χ3v) is 4.52. The molecule has 150 valence electrons. The minimum atomic E-state index is -0.873. The van der Waals surface area contributed by atoms with Crippen LogP contribution in [0, 0.1) is 5.92 Å². The zero-order chi connectivity index (χ0) is 20.5. The lowest BCUT2D eigenvalue weighted by molar-refractivity contribution is -0.144. The van der Waals surface area contributed by atoms with Crippen molar-refractivity contribution in [2.45, 2.75) is 32.4 Å². The van der Waals surface area contributed by atoms with Crippen molar-refractivity contribution in [1.82, 2.24) is 5.32 Å². The summed E-state index contributed by atoms with van der Waals surface area (Å²) in [5.74, 6) is -0.0307. The first-order chi connectivity index (χ1) is 13.5. The van der Waals surface area contributed by atoms with Crippen molar-refractivity contribution in [1.29, 1.82) is 0 Å². The fraction of sp³-hybridized carbons (Fsp3) is 0.364. The van der Waals surface area contributed by atoms with Crippen LogP contribution in [-0.2, 0) is 20.9 Å². The van der Waals surface area contributed by atoms with Gasteiger partial charge in [0.25, 0.3) is 0 Å². The van der Waals surface area contributed by atoms with Gasteiger partial charge in [-0.15, -0.1) is 0 Å². The van der Waals surface area contributed by atoms with Gasteiger partial charge in [0.15, 0.2) is 0 Å². The molecule has 0 saturated carbocycles. The summed E-state index contributed by atoms with van der Waals surface area (Å²) in [6.45, 7) is 4.10. The Bertz CT molecular complexity index is 758. The fourth-order valence-corrected chi connectivity index (χ4v) is 3.10. The molecule has 0 spiro atoms. The lowest BCUT2D eigenvalue weighted by atomic mass is 9.82. The SMILES string of the molecule is COC(=O)C(NC(=O)OCc1ccccc1)C(c1ccc(OC)cc1)C(C)C. The van der Waals surface area contributed by atoms with Crippen LogP contribution in [0.3, 0.4) is 0 Å². The zero-order valence-electron chi connectivity index (χ0n) is 16.7. The number of esters is 1. The molecule has 1 amide bonds.